The molecular formula is C12H19N5O2S. The quantitative estimate of drug-likeness (QED) is 0.814. The van der Waals surface area contributed by atoms with E-state index in [0.29, 0.717) is 24.7 Å². The number of anilines is 3. The lowest BCUT2D eigenvalue weighted by molar-refractivity contribution is 0.183. The lowest BCUT2D eigenvalue weighted by atomic mass is 10.4. The topological polar surface area (TPSA) is 87.2 Å². The van der Waals surface area contributed by atoms with E-state index in [-0.39, 0.29) is 6.10 Å². The fourth-order valence-electron chi connectivity index (χ4n) is 1.59. The van der Waals surface area contributed by atoms with Crippen LogP contribution in [-0.2, 0) is 11.3 Å². The zero-order valence-corrected chi connectivity index (χ0v) is 12.6. The van der Waals surface area contributed by atoms with Gasteiger partial charge in [0.05, 0.1) is 31.1 Å². The summed E-state index contributed by atoms with van der Waals surface area (Å²) in [6.45, 7) is 5.22. The summed E-state index contributed by atoms with van der Waals surface area (Å²) in [4.78, 5) is 0. The third-order valence-corrected chi connectivity index (χ3v) is 3.20. The number of nitrogens with one attached hydrogen (secondary N) is 1. The minimum absolute atomic E-state index is 0.0404. The largest absolute Gasteiger partial charge is 0.484 e. The van der Waals surface area contributed by atoms with Crippen LogP contribution < -0.4 is 15.8 Å². The molecule has 0 radical (unpaired) electrons. The number of methoxy groups -OCH3 is 1. The van der Waals surface area contributed by atoms with Gasteiger partial charge in [-0.1, -0.05) is 0 Å². The van der Waals surface area contributed by atoms with Crippen molar-refractivity contribution < 1.29 is 9.47 Å². The maximum atomic E-state index is 5.81. The van der Waals surface area contributed by atoms with E-state index in [1.54, 1.807) is 18.0 Å². The molecule has 0 amide bonds. The van der Waals surface area contributed by atoms with Gasteiger partial charge in [-0.25, -0.2) is 0 Å². The molecule has 3 N–H and O–H groups in total. The monoisotopic (exact) mass is 297 g/mol. The molecular weight excluding hydrogens is 278 g/mol. The molecule has 0 bridgehead atoms. The van der Waals surface area contributed by atoms with Crippen LogP contribution in [0.5, 0.6) is 5.75 Å². The van der Waals surface area contributed by atoms with Gasteiger partial charge in [-0.2, -0.15) is 9.47 Å². The molecule has 0 aliphatic rings. The Hall–Kier alpha value is -1.80. The van der Waals surface area contributed by atoms with E-state index < -0.39 is 0 Å². The highest BCUT2D eigenvalue weighted by Gasteiger charge is 2.15. The van der Waals surface area contributed by atoms with Crippen molar-refractivity contribution >= 4 is 28.0 Å². The molecule has 0 saturated carbocycles. The molecule has 0 aliphatic carbocycles. The van der Waals surface area contributed by atoms with Gasteiger partial charge in [-0.05, 0) is 25.4 Å². The minimum atomic E-state index is 0.0404. The predicted octanol–water partition coefficient (Wildman–Crippen LogP) is 2.10. The molecule has 0 aromatic carbocycles. The second-order valence-electron chi connectivity index (χ2n) is 4.50. The molecule has 2 aromatic rings. The van der Waals surface area contributed by atoms with E-state index in [4.69, 9.17) is 15.2 Å². The number of nitrogens with two attached hydrogens (primary N) is 1. The van der Waals surface area contributed by atoms with E-state index >= 15 is 0 Å². The van der Waals surface area contributed by atoms with Crippen LogP contribution >= 0.6 is 11.5 Å². The molecule has 2 heterocycles. The molecule has 20 heavy (non-hydrogen) atoms. The highest BCUT2D eigenvalue weighted by molar-refractivity contribution is 7.11. The summed E-state index contributed by atoms with van der Waals surface area (Å²) in [5.41, 5.74) is 6.67. The third kappa shape index (κ3) is 3.61. The number of hydrogen-bond acceptors (Lipinski definition) is 7. The van der Waals surface area contributed by atoms with Gasteiger partial charge in [-0.15, -0.1) is 0 Å². The van der Waals surface area contributed by atoms with Crippen LogP contribution in [-0.4, -0.2) is 34.0 Å². The van der Waals surface area contributed by atoms with Crippen LogP contribution in [0, 0.1) is 0 Å². The molecule has 0 fully saturated rings. The molecule has 0 atom stereocenters. The van der Waals surface area contributed by atoms with Gasteiger partial charge in [0.15, 0.2) is 16.6 Å². The fraction of sp³-hybridized carbons (Fsp3) is 0.500. The summed E-state index contributed by atoms with van der Waals surface area (Å²) in [5, 5.41) is 8.24. The van der Waals surface area contributed by atoms with Crippen molar-refractivity contribution in [2.75, 3.05) is 24.8 Å². The van der Waals surface area contributed by atoms with Crippen molar-refractivity contribution in [3.05, 3.63) is 12.4 Å². The van der Waals surface area contributed by atoms with Crippen LogP contribution in [0.4, 0.5) is 16.5 Å². The summed E-state index contributed by atoms with van der Waals surface area (Å²) in [5.74, 6) is 0.993. The van der Waals surface area contributed by atoms with E-state index in [0.717, 1.165) is 10.7 Å². The molecule has 2 aromatic heterocycles. The van der Waals surface area contributed by atoms with Gasteiger partial charge in [0.25, 0.3) is 0 Å². The fourth-order valence-corrected chi connectivity index (χ4v) is 2.26. The molecule has 0 spiro atoms. The first kappa shape index (κ1) is 14.6. The zero-order chi connectivity index (χ0) is 14.5. The Morgan fingerprint density at radius 2 is 2.30 bits per heavy atom. The Morgan fingerprint density at radius 3 is 3.00 bits per heavy atom. The normalized spacial score (nSPS) is 11.0. The van der Waals surface area contributed by atoms with Gasteiger partial charge in [0.1, 0.15) is 0 Å². The van der Waals surface area contributed by atoms with Crippen molar-refractivity contribution in [2.45, 2.75) is 26.5 Å². The summed E-state index contributed by atoms with van der Waals surface area (Å²) in [7, 11) is 1.66. The average molecular weight is 297 g/mol. The lowest BCUT2D eigenvalue weighted by Crippen LogP contribution is -2.07. The first-order valence-electron chi connectivity index (χ1n) is 6.30. The van der Waals surface area contributed by atoms with Crippen LogP contribution in [0.15, 0.2) is 12.4 Å². The number of nitrogens with zero attached hydrogens (tertiary/aromatic N) is 3. The summed E-state index contributed by atoms with van der Waals surface area (Å²) in [6.07, 6.45) is 3.68. The van der Waals surface area contributed by atoms with Crippen LogP contribution in [0.3, 0.4) is 0 Å². The highest BCUT2D eigenvalue weighted by atomic mass is 32.1. The van der Waals surface area contributed by atoms with Crippen LogP contribution in [0.2, 0.25) is 0 Å². The van der Waals surface area contributed by atoms with E-state index in [1.807, 2.05) is 20.0 Å². The molecule has 0 aliphatic heterocycles. The third-order valence-electron chi connectivity index (χ3n) is 2.44. The maximum Gasteiger partial charge on any atom is 0.198 e. The van der Waals surface area contributed by atoms with Gasteiger partial charge in [-0.3, -0.25) is 4.68 Å². The Morgan fingerprint density at radius 1 is 1.50 bits per heavy atom. The van der Waals surface area contributed by atoms with E-state index in [2.05, 4.69) is 14.8 Å². The standard InChI is InChI=1S/C12H19N5O2S/c1-8(2)19-10-11(13)16-20-12(10)15-9-6-14-17(7-9)4-5-18-3/h6-8,15H,4-5H2,1-3H3,(H2,13,16). The molecule has 0 saturated heterocycles. The van der Waals surface area contributed by atoms with Crippen LogP contribution in [0.1, 0.15) is 13.8 Å². The minimum Gasteiger partial charge on any atom is -0.484 e. The summed E-state index contributed by atoms with van der Waals surface area (Å²) in [6, 6.07) is 0. The van der Waals surface area contributed by atoms with Crippen LogP contribution in [0.25, 0.3) is 0 Å². The second-order valence-corrected chi connectivity index (χ2v) is 5.28. The molecule has 110 valence electrons. The van der Waals surface area contributed by atoms with E-state index in [9.17, 15) is 0 Å². The van der Waals surface area contributed by atoms with Gasteiger partial charge < -0.3 is 20.5 Å². The zero-order valence-electron chi connectivity index (χ0n) is 11.8. The molecule has 7 nitrogen and oxygen atoms in total. The Bertz CT molecular complexity index is 552. The predicted molar refractivity (Wildman–Crippen MR) is 79.7 cm³/mol. The Labute approximate surface area is 121 Å². The number of aromatic nitrogens is 3. The smallest absolute Gasteiger partial charge is 0.198 e. The number of ether oxygens (including phenoxy) is 2. The maximum absolute atomic E-state index is 5.81. The van der Waals surface area contributed by atoms with E-state index in [1.165, 1.54) is 11.5 Å². The van der Waals surface area contributed by atoms with Crippen molar-refractivity contribution in [3.63, 3.8) is 0 Å². The second kappa shape index (κ2) is 6.58. The summed E-state index contributed by atoms with van der Waals surface area (Å²) < 4.78 is 16.6. The average Bonchev–Trinajstić information content (AvgIpc) is 2.97. The Kier molecular flexibility index (Phi) is 4.80. The lowest BCUT2D eigenvalue weighted by Gasteiger charge is -2.10. The van der Waals surface area contributed by atoms with Gasteiger partial charge >= 0.3 is 0 Å². The van der Waals surface area contributed by atoms with Gasteiger partial charge in [0, 0.05) is 13.3 Å². The first-order chi connectivity index (χ1) is 9.60. The first-order valence-corrected chi connectivity index (χ1v) is 7.07. The Balaban J connectivity index is 2.07. The molecule has 0 unspecified atom stereocenters. The summed E-state index contributed by atoms with van der Waals surface area (Å²) >= 11 is 1.27. The SMILES string of the molecule is COCCn1cc(Nc2snc(N)c2OC(C)C)cn1. The van der Waals surface area contributed by atoms with Crippen molar-refractivity contribution in [1.29, 1.82) is 0 Å². The number of hydrogen-bond donors (Lipinski definition) is 2. The molecule has 2 rings (SSSR count). The number of rotatable bonds is 7. The number of nitrogen functional groups attached to an aromatic ring is 1. The molecule has 8 heteroatoms. The van der Waals surface area contributed by atoms with Crippen molar-refractivity contribution in [2.24, 2.45) is 0 Å². The van der Waals surface area contributed by atoms with Gasteiger partial charge in [0.2, 0.25) is 0 Å². The highest BCUT2D eigenvalue weighted by Crippen LogP contribution is 2.37. The van der Waals surface area contributed by atoms with Crippen molar-refractivity contribution in [1.82, 2.24) is 14.2 Å². The van der Waals surface area contributed by atoms with Crippen molar-refractivity contribution in [3.8, 4) is 5.75 Å².